The zero-order chi connectivity index (χ0) is 15.6. The molecule has 1 fully saturated rings. The number of hydrogen-bond donors (Lipinski definition) is 2. The Morgan fingerprint density at radius 2 is 2.14 bits per heavy atom. The second kappa shape index (κ2) is 6.07. The summed E-state index contributed by atoms with van der Waals surface area (Å²) < 4.78 is 31.2. The van der Waals surface area contributed by atoms with E-state index in [1.165, 1.54) is 6.07 Å². The SMILES string of the molecule is C[C@H](COc1ccc(F)cc1F)NC(=O)[C@@H]1C[C@H]1C(=O)O. The molecule has 0 heterocycles. The molecule has 2 rings (SSSR count). The molecule has 114 valence electrons. The highest BCUT2D eigenvalue weighted by Gasteiger charge is 2.48. The van der Waals surface area contributed by atoms with Gasteiger partial charge in [-0.05, 0) is 25.5 Å². The Hall–Kier alpha value is -2.18. The molecule has 0 saturated heterocycles. The van der Waals surface area contributed by atoms with Crippen LogP contribution in [0.5, 0.6) is 5.75 Å². The van der Waals surface area contributed by atoms with E-state index in [2.05, 4.69) is 5.32 Å². The molecule has 1 saturated carbocycles. The van der Waals surface area contributed by atoms with E-state index in [1.807, 2.05) is 0 Å². The molecule has 1 aromatic carbocycles. The van der Waals surface area contributed by atoms with Crippen LogP contribution < -0.4 is 10.1 Å². The molecule has 0 aliphatic heterocycles. The van der Waals surface area contributed by atoms with Crippen LogP contribution in [0.1, 0.15) is 13.3 Å². The van der Waals surface area contributed by atoms with Crippen molar-refractivity contribution in [1.82, 2.24) is 5.32 Å². The molecule has 5 nitrogen and oxygen atoms in total. The average Bonchev–Trinajstić information content (AvgIpc) is 3.18. The number of aliphatic carboxylic acids is 1. The van der Waals surface area contributed by atoms with Crippen LogP contribution >= 0.6 is 0 Å². The smallest absolute Gasteiger partial charge is 0.307 e. The molecule has 7 heteroatoms. The fourth-order valence-electron chi connectivity index (χ4n) is 1.96. The molecule has 0 aromatic heterocycles. The van der Waals surface area contributed by atoms with Crippen LogP contribution in [0.25, 0.3) is 0 Å². The third-order valence-corrected chi connectivity index (χ3v) is 3.22. The van der Waals surface area contributed by atoms with Crippen LogP contribution in [0.2, 0.25) is 0 Å². The van der Waals surface area contributed by atoms with Crippen LogP contribution in [0.15, 0.2) is 18.2 Å². The Kier molecular flexibility index (Phi) is 4.40. The summed E-state index contributed by atoms with van der Waals surface area (Å²) in [4.78, 5) is 22.4. The highest BCUT2D eigenvalue weighted by molar-refractivity contribution is 5.89. The van der Waals surface area contributed by atoms with Crippen molar-refractivity contribution >= 4 is 11.9 Å². The summed E-state index contributed by atoms with van der Waals surface area (Å²) in [6.45, 7) is 1.65. The first-order chi connectivity index (χ1) is 9.88. The van der Waals surface area contributed by atoms with Gasteiger partial charge in [0.2, 0.25) is 5.91 Å². The molecular formula is C14H15F2NO4. The van der Waals surface area contributed by atoms with Gasteiger partial charge < -0.3 is 15.2 Å². The maximum atomic E-state index is 13.3. The minimum atomic E-state index is -0.979. The van der Waals surface area contributed by atoms with Gasteiger partial charge in [0, 0.05) is 6.07 Å². The number of benzene rings is 1. The van der Waals surface area contributed by atoms with Crippen molar-refractivity contribution in [2.75, 3.05) is 6.61 Å². The van der Waals surface area contributed by atoms with E-state index in [0.29, 0.717) is 12.5 Å². The molecule has 3 atom stereocenters. The van der Waals surface area contributed by atoms with Gasteiger partial charge in [-0.15, -0.1) is 0 Å². The Labute approximate surface area is 119 Å². The lowest BCUT2D eigenvalue weighted by Crippen LogP contribution is -2.38. The van der Waals surface area contributed by atoms with E-state index in [4.69, 9.17) is 9.84 Å². The van der Waals surface area contributed by atoms with E-state index in [9.17, 15) is 18.4 Å². The number of ether oxygens (including phenoxy) is 1. The van der Waals surface area contributed by atoms with Crippen LogP contribution in [0.4, 0.5) is 8.78 Å². The van der Waals surface area contributed by atoms with Gasteiger partial charge in [-0.2, -0.15) is 0 Å². The van der Waals surface area contributed by atoms with Crippen LogP contribution in [-0.4, -0.2) is 29.6 Å². The predicted octanol–water partition coefficient (Wildman–Crippen LogP) is 1.57. The van der Waals surface area contributed by atoms with Gasteiger partial charge in [0.1, 0.15) is 12.4 Å². The van der Waals surface area contributed by atoms with Crippen LogP contribution in [0.3, 0.4) is 0 Å². The molecule has 0 radical (unpaired) electrons. The van der Waals surface area contributed by atoms with Gasteiger partial charge in [-0.1, -0.05) is 0 Å². The van der Waals surface area contributed by atoms with Gasteiger partial charge in [0.15, 0.2) is 11.6 Å². The first-order valence-electron chi connectivity index (χ1n) is 6.49. The molecule has 1 aliphatic rings. The Bertz CT molecular complexity index is 564. The third kappa shape index (κ3) is 3.90. The van der Waals surface area contributed by atoms with E-state index in [0.717, 1.165) is 6.07 Å². The molecule has 1 aliphatic carbocycles. The third-order valence-electron chi connectivity index (χ3n) is 3.22. The van der Waals surface area contributed by atoms with Crippen molar-refractivity contribution in [3.8, 4) is 5.75 Å². The van der Waals surface area contributed by atoms with Gasteiger partial charge in [0.25, 0.3) is 0 Å². The summed E-state index contributed by atoms with van der Waals surface area (Å²) >= 11 is 0. The molecule has 0 bridgehead atoms. The number of halogens is 2. The fourth-order valence-corrected chi connectivity index (χ4v) is 1.96. The number of carboxylic acids is 1. The van der Waals surface area contributed by atoms with Gasteiger partial charge in [0.05, 0.1) is 17.9 Å². The highest BCUT2D eigenvalue weighted by atomic mass is 19.1. The zero-order valence-electron chi connectivity index (χ0n) is 11.3. The highest BCUT2D eigenvalue weighted by Crippen LogP contribution is 2.38. The first kappa shape index (κ1) is 15.2. The largest absolute Gasteiger partial charge is 0.488 e. The maximum Gasteiger partial charge on any atom is 0.307 e. The Balaban J connectivity index is 1.78. The Morgan fingerprint density at radius 3 is 2.71 bits per heavy atom. The van der Waals surface area contributed by atoms with Gasteiger partial charge >= 0.3 is 5.97 Å². The monoisotopic (exact) mass is 299 g/mol. The number of hydrogen-bond acceptors (Lipinski definition) is 3. The lowest BCUT2D eigenvalue weighted by atomic mass is 10.2. The summed E-state index contributed by atoms with van der Waals surface area (Å²) in [6.07, 6.45) is 0.335. The lowest BCUT2D eigenvalue weighted by Gasteiger charge is -2.15. The number of carbonyl (C=O) groups excluding carboxylic acids is 1. The minimum absolute atomic E-state index is 0.00124. The quantitative estimate of drug-likeness (QED) is 0.836. The molecule has 1 amide bonds. The zero-order valence-corrected chi connectivity index (χ0v) is 11.3. The Morgan fingerprint density at radius 1 is 1.43 bits per heavy atom. The lowest BCUT2D eigenvalue weighted by molar-refractivity contribution is -0.140. The summed E-state index contributed by atoms with van der Waals surface area (Å²) in [5.41, 5.74) is 0. The molecular weight excluding hydrogens is 284 g/mol. The summed E-state index contributed by atoms with van der Waals surface area (Å²) in [7, 11) is 0. The summed E-state index contributed by atoms with van der Waals surface area (Å²) in [5, 5.41) is 11.3. The number of rotatable bonds is 6. The molecule has 2 N–H and O–H groups in total. The van der Waals surface area contributed by atoms with Crippen molar-refractivity contribution in [3.63, 3.8) is 0 Å². The minimum Gasteiger partial charge on any atom is -0.488 e. The fraction of sp³-hybridized carbons (Fsp3) is 0.429. The molecule has 0 spiro atoms. The van der Waals surface area contributed by atoms with Gasteiger partial charge in [-0.3, -0.25) is 9.59 Å². The van der Waals surface area contributed by atoms with E-state index in [1.54, 1.807) is 6.92 Å². The normalized spacial score (nSPS) is 21.5. The maximum absolute atomic E-state index is 13.3. The van der Waals surface area contributed by atoms with Crippen molar-refractivity contribution in [3.05, 3.63) is 29.8 Å². The summed E-state index contributed by atoms with van der Waals surface area (Å²) in [6, 6.07) is 2.53. The second-order valence-corrected chi connectivity index (χ2v) is 5.08. The topological polar surface area (TPSA) is 75.6 Å². The van der Waals surface area contributed by atoms with E-state index < -0.39 is 35.5 Å². The van der Waals surface area contributed by atoms with Crippen LogP contribution in [0, 0.1) is 23.5 Å². The summed E-state index contributed by atoms with van der Waals surface area (Å²) in [5.74, 6) is -4.07. The van der Waals surface area contributed by atoms with E-state index in [-0.39, 0.29) is 18.3 Å². The van der Waals surface area contributed by atoms with Crippen molar-refractivity contribution in [2.24, 2.45) is 11.8 Å². The van der Waals surface area contributed by atoms with Gasteiger partial charge in [-0.25, -0.2) is 8.78 Å². The number of amides is 1. The standard InChI is InChI=1S/C14H15F2NO4/c1-7(17-13(18)9-5-10(9)14(19)20)6-21-12-3-2-8(15)4-11(12)16/h2-4,7,9-10H,5-6H2,1H3,(H,17,18)(H,19,20)/t7-,9-,10-/m1/s1. The second-order valence-electron chi connectivity index (χ2n) is 5.08. The van der Waals surface area contributed by atoms with Crippen LogP contribution in [-0.2, 0) is 9.59 Å². The number of carboxylic acid groups (broad SMARTS) is 1. The number of nitrogens with one attached hydrogen (secondary N) is 1. The van der Waals surface area contributed by atoms with Crippen molar-refractivity contribution < 1.29 is 28.2 Å². The van der Waals surface area contributed by atoms with Crippen molar-refractivity contribution in [1.29, 1.82) is 0 Å². The average molecular weight is 299 g/mol. The predicted molar refractivity (Wildman–Crippen MR) is 68.7 cm³/mol. The first-order valence-corrected chi connectivity index (χ1v) is 6.49. The van der Waals surface area contributed by atoms with E-state index >= 15 is 0 Å². The number of carbonyl (C=O) groups is 2. The molecule has 1 aromatic rings. The van der Waals surface area contributed by atoms with Crippen molar-refractivity contribution in [2.45, 2.75) is 19.4 Å². The molecule has 0 unspecified atom stereocenters. The molecule has 21 heavy (non-hydrogen) atoms.